The van der Waals surface area contributed by atoms with Crippen molar-refractivity contribution in [1.29, 1.82) is 0 Å². The summed E-state index contributed by atoms with van der Waals surface area (Å²) in [7, 11) is 0. The zero-order valence-corrected chi connectivity index (χ0v) is 12.0. The number of ether oxygens (including phenoxy) is 1. The molecule has 1 aromatic heterocycles. The van der Waals surface area contributed by atoms with Crippen LogP contribution < -0.4 is 5.32 Å². The molecule has 5 heteroatoms. The van der Waals surface area contributed by atoms with E-state index in [2.05, 4.69) is 31.0 Å². The minimum absolute atomic E-state index is 0.116. The van der Waals surface area contributed by atoms with Crippen molar-refractivity contribution in [3.8, 4) is 11.8 Å². The molecular weight excluding hydrogens is 262 g/mol. The summed E-state index contributed by atoms with van der Waals surface area (Å²) >= 11 is 1.31. The maximum atomic E-state index is 11.8. The highest BCUT2D eigenvalue weighted by molar-refractivity contribution is 7.14. The Labute approximate surface area is 117 Å². The van der Waals surface area contributed by atoms with Gasteiger partial charge in [-0.05, 0) is 18.1 Å². The zero-order chi connectivity index (χ0) is 14.1. The average molecular weight is 281 g/mol. The number of amides is 1. The van der Waals surface area contributed by atoms with Crippen LogP contribution in [0.5, 0.6) is 0 Å². The van der Waals surface area contributed by atoms with Crippen LogP contribution in [0.3, 0.4) is 0 Å². The molecule has 0 unspecified atom stereocenters. The Balaban J connectivity index is 2.31. The molecule has 1 heterocycles. The summed E-state index contributed by atoms with van der Waals surface area (Å²) in [6.07, 6.45) is 0. The molecular formula is C14H19NO3S. The van der Waals surface area contributed by atoms with E-state index in [0.29, 0.717) is 30.6 Å². The summed E-state index contributed by atoms with van der Waals surface area (Å²) in [5.74, 6) is 5.71. The van der Waals surface area contributed by atoms with Gasteiger partial charge in [0.2, 0.25) is 0 Å². The first-order chi connectivity index (χ1) is 9.13. The summed E-state index contributed by atoms with van der Waals surface area (Å²) in [4.78, 5) is 13.2. The molecule has 19 heavy (non-hydrogen) atoms. The van der Waals surface area contributed by atoms with Crippen LogP contribution in [0.25, 0.3) is 0 Å². The van der Waals surface area contributed by atoms with Gasteiger partial charge in [0.1, 0.15) is 6.61 Å². The number of hydrogen-bond acceptors (Lipinski definition) is 4. The molecule has 1 aromatic rings. The molecule has 0 radical (unpaired) electrons. The van der Waals surface area contributed by atoms with Crippen LogP contribution in [0.2, 0.25) is 0 Å². The highest BCUT2D eigenvalue weighted by Crippen LogP contribution is 2.14. The lowest BCUT2D eigenvalue weighted by atomic mass is 10.2. The quantitative estimate of drug-likeness (QED) is 0.613. The van der Waals surface area contributed by atoms with Gasteiger partial charge in [-0.1, -0.05) is 25.7 Å². The van der Waals surface area contributed by atoms with Gasteiger partial charge in [0.25, 0.3) is 5.91 Å². The Morgan fingerprint density at radius 2 is 2.32 bits per heavy atom. The summed E-state index contributed by atoms with van der Waals surface area (Å²) in [5.41, 5.74) is 0. The molecule has 0 fully saturated rings. The van der Waals surface area contributed by atoms with E-state index < -0.39 is 0 Å². The maximum absolute atomic E-state index is 11.8. The summed E-state index contributed by atoms with van der Waals surface area (Å²) in [5, 5.41) is 11.4. The largest absolute Gasteiger partial charge is 0.384 e. The van der Waals surface area contributed by atoms with Gasteiger partial charge in [-0.25, -0.2) is 0 Å². The van der Waals surface area contributed by atoms with Gasteiger partial charge in [-0.3, -0.25) is 4.79 Å². The molecule has 0 saturated carbocycles. The zero-order valence-electron chi connectivity index (χ0n) is 11.2. The number of rotatable bonds is 6. The van der Waals surface area contributed by atoms with Crippen LogP contribution >= 0.6 is 11.3 Å². The SMILES string of the molecule is CC(C)COCCNC(=O)c1ccc(C#CCO)s1. The molecule has 0 spiro atoms. The molecule has 104 valence electrons. The predicted molar refractivity (Wildman–Crippen MR) is 76.3 cm³/mol. The molecule has 2 N–H and O–H groups in total. The summed E-state index contributed by atoms with van der Waals surface area (Å²) in [6, 6.07) is 3.51. The third kappa shape index (κ3) is 6.39. The van der Waals surface area contributed by atoms with Crippen molar-refractivity contribution in [2.45, 2.75) is 13.8 Å². The van der Waals surface area contributed by atoms with E-state index in [1.54, 1.807) is 12.1 Å². The van der Waals surface area contributed by atoms with Gasteiger partial charge in [0, 0.05) is 13.2 Å². The van der Waals surface area contributed by atoms with Crippen LogP contribution in [0.4, 0.5) is 0 Å². The minimum atomic E-state index is -0.174. The van der Waals surface area contributed by atoms with E-state index in [9.17, 15) is 4.79 Å². The Hall–Kier alpha value is -1.35. The molecule has 1 rings (SSSR count). The molecule has 0 aliphatic heterocycles. The lowest BCUT2D eigenvalue weighted by Gasteiger charge is -2.07. The molecule has 0 atom stereocenters. The lowest BCUT2D eigenvalue weighted by Crippen LogP contribution is -2.26. The number of aliphatic hydroxyl groups excluding tert-OH is 1. The number of nitrogens with one attached hydrogen (secondary N) is 1. The average Bonchev–Trinajstić information content (AvgIpc) is 2.84. The summed E-state index contributed by atoms with van der Waals surface area (Å²) in [6.45, 7) is 5.72. The van der Waals surface area contributed by atoms with Crippen molar-refractivity contribution < 1.29 is 14.6 Å². The van der Waals surface area contributed by atoms with E-state index in [1.807, 2.05) is 0 Å². The van der Waals surface area contributed by atoms with Crippen molar-refractivity contribution in [1.82, 2.24) is 5.32 Å². The Morgan fingerprint density at radius 3 is 3.00 bits per heavy atom. The lowest BCUT2D eigenvalue weighted by molar-refractivity contribution is 0.0889. The van der Waals surface area contributed by atoms with E-state index >= 15 is 0 Å². The van der Waals surface area contributed by atoms with Gasteiger partial charge in [0.05, 0.1) is 16.4 Å². The smallest absolute Gasteiger partial charge is 0.261 e. The van der Waals surface area contributed by atoms with Crippen LogP contribution in [0.1, 0.15) is 28.4 Å². The van der Waals surface area contributed by atoms with Crippen LogP contribution in [-0.4, -0.2) is 37.4 Å². The standard InChI is InChI=1S/C14H19NO3S/c1-11(2)10-18-9-7-15-14(17)13-6-5-12(19-13)4-3-8-16/h5-6,11,16H,7-10H2,1-2H3,(H,15,17). The van der Waals surface area contributed by atoms with Gasteiger partial charge in [-0.2, -0.15) is 0 Å². The van der Waals surface area contributed by atoms with Crippen LogP contribution in [-0.2, 0) is 4.74 Å². The monoisotopic (exact) mass is 281 g/mol. The topological polar surface area (TPSA) is 58.6 Å². The minimum Gasteiger partial charge on any atom is -0.384 e. The molecule has 0 bridgehead atoms. The summed E-state index contributed by atoms with van der Waals surface area (Å²) < 4.78 is 5.38. The van der Waals surface area contributed by atoms with E-state index in [-0.39, 0.29) is 12.5 Å². The van der Waals surface area contributed by atoms with Crippen LogP contribution in [0.15, 0.2) is 12.1 Å². The fourth-order valence-corrected chi connectivity index (χ4v) is 2.09. The fraction of sp³-hybridized carbons (Fsp3) is 0.500. The van der Waals surface area contributed by atoms with Crippen LogP contribution in [0, 0.1) is 17.8 Å². The van der Waals surface area contributed by atoms with E-state index in [0.717, 1.165) is 4.88 Å². The Kier molecular flexibility index (Phi) is 7.19. The molecule has 1 amide bonds. The highest BCUT2D eigenvalue weighted by Gasteiger charge is 2.07. The maximum Gasteiger partial charge on any atom is 0.261 e. The first kappa shape index (κ1) is 15.7. The first-order valence-corrected chi connectivity index (χ1v) is 7.00. The third-order valence-electron chi connectivity index (χ3n) is 2.10. The number of carbonyl (C=O) groups is 1. The molecule has 0 aliphatic carbocycles. The predicted octanol–water partition coefficient (Wildman–Crippen LogP) is 1.49. The molecule has 0 saturated heterocycles. The van der Waals surface area contributed by atoms with Crippen molar-refractivity contribution in [3.63, 3.8) is 0 Å². The van der Waals surface area contributed by atoms with E-state index in [1.165, 1.54) is 11.3 Å². The molecule has 0 aromatic carbocycles. The first-order valence-electron chi connectivity index (χ1n) is 6.19. The van der Waals surface area contributed by atoms with Gasteiger partial charge in [0.15, 0.2) is 0 Å². The second-order valence-corrected chi connectivity index (χ2v) is 5.43. The number of aliphatic hydroxyl groups is 1. The number of thiophene rings is 1. The fourth-order valence-electron chi connectivity index (χ4n) is 1.30. The van der Waals surface area contributed by atoms with Crippen molar-refractivity contribution in [2.75, 3.05) is 26.4 Å². The third-order valence-corrected chi connectivity index (χ3v) is 3.10. The number of hydrogen-bond donors (Lipinski definition) is 2. The Morgan fingerprint density at radius 1 is 1.53 bits per heavy atom. The number of carbonyl (C=O) groups excluding carboxylic acids is 1. The highest BCUT2D eigenvalue weighted by atomic mass is 32.1. The van der Waals surface area contributed by atoms with Crippen molar-refractivity contribution >= 4 is 17.2 Å². The second kappa shape index (κ2) is 8.70. The molecule has 0 aliphatic rings. The van der Waals surface area contributed by atoms with Gasteiger partial charge < -0.3 is 15.2 Å². The molecule has 4 nitrogen and oxygen atoms in total. The Bertz CT molecular complexity index is 457. The van der Waals surface area contributed by atoms with E-state index in [4.69, 9.17) is 9.84 Å². The van der Waals surface area contributed by atoms with Gasteiger partial charge in [-0.15, -0.1) is 11.3 Å². The normalized spacial score (nSPS) is 10.1. The second-order valence-electron chi connectivity index (χ2n) is 4.35. The van der Waals surface area contributed by atoms with Crippen molar-refractivity contribution in [3.05, 3.63) is 21.9 Å². The van der Waals surface area contributed by atoms with Crippen molar-refractivity contribution in [2.24, 2.45) is 5.92 Å². The van der Waals surface area contributed by atoms with Gasteiger partial charge >= 0.3 is 0 Å².